The van der Waals surface area contributed by atoms with Crippen molar-refractivity contribution >= 4 is 28.3 Å². The lowest BCUT2D eigenvalue weighted by Gasteiger charge is -2.10. The van der Waals surface area contributed by atoms with Gasteiger partial charge < -0.3 is 10.1 Å². The van der Waals surface area contributed by atoms with Gasteiger partial charge in [0.1, 0.15) is 11.6 Å². The van der Waals surface area contributed by atoms with Crippen LogP contribution in [0.15, 0.2) is 18.2 Å². The summed E-state index contributed by atoms with van der Waals surface area (Å²) < 4.78 is 9.36. The molecule has 0 aliphatic carbocycles. The number of methoxy groups -OCH3 is 1. The maximum atomic E-state index is 6.13. The van der Waals surface area contributed by atoms with Crippen LogP contribution in [-0.2, 0) is 6.54 Å². The normalized spacial score (nSPS) is 10.3. The number of anilines is 1. The largest absolute Gasteiger partial charge is 0.496 e. The number of halogens is 1. The molecule has 6 heteroatoms. The SMILES string of the molecule is COc1cccc(Cl)c1CNc1nc(C)ns1. The molecule has 4 nitrogen and oxygen atoms in total. The van der Waals surface area contributed by atoms with Gasteiger partial charge in [-0.25, -0.2) is 4.98 Å². The number of aromatic nitrogens is 2. The molecule has 1 aromatic heterocycles. The van der Waals surface area contributed by atoms with E-state index in [0.29, 0.717) is 11.6 Å². The summed E-state index contributed by atoms with van der Waals surface area (Å²) in [5.41, 5.74) is 0.921. The minimum atomic E-state index is 0.567. The molecule has 0 atom stereocenters. The molecule has 2 rings (SSSR count). The van der Waals surface area contributed by atoms with Gasteiger partial charge in [0.15, 0.2) is 0 Å². The van der Waals surface area contributed by atoms with Crippen LogP contribution in [0.4, 0.5) is 5.13 Å². The summed E-state index contributed by atoms with van der Waals surface area (Å²) in [6.45, 7) is 2.43. The average molecular weight is 270 g/mol. The van der Waals surface area contributed by atoms with Crippen molar-refractivity contribution in [2.45, 2.75) is 13.5 Å². The van der Waals surface area contributed by atoms with Crippen LogP contribution >= 0.6 is 23.1 Å². The second-order valence-electron chi connectivity index (χ2n) is 3.42. The van der Waals surface area contributed by atoms with E-state index in [0.717, 1.165) is 22.3 Å². The molecule has 0 spiro atoms. The Morgan fingerprint density at radius 1 is 1.47 bits per heavy atom. The summed E-state index contributed by atoms with van der Waals surface area (Å²) in [5.74, 6) is 1.54. The zero-order valence-corrected chi connectivity index (χ0v) is 11.1. The van der Waals surface area contributed by atoms with E-state index < -0.39 is 0 Å². The second kappa shape index (κ2) is 5.33. The predicted octanol–water partition coefficient (Wildman–Crippen LogP) is 3.12. The summed E-state index contributed by atoms with van der Waals surface area (Å²) >= 11 is 7.46. The first-order valence-electron chi connectivity index (χ1n) is 5.06. The Morgan fingerprint density at radius 2 is 2.29 bits per heavy atom. The molecule has 1 aromatic carbocycles. The highest BCUT2D eigenvalue weighted by molar-refractivity contribution is 7.09. The smallest absolute Gasteiger partial charge is 0.202 e. The third-order valence-corrected chi connectivity index (χ3v) is 3.36. The van der Waals surface area contributed by atoms with Gasteiger partial charge in [0.25, 0.3) is 0 Å². The molecule has 0 aliphatic heterocycles. The fourth-order valence-electron chi connectivity index (χ4n) is 1.43. The van der Waals surface area contributed by atoms with Crippen LogP contribution in [0.5, 0.6) is 5.75 Å². The number of hydrogen-bond donors (Lipinski definition) is 1. The van der Waals surface area contributed by atoms with Crippen LogP contribution in [0.3, 0.4) is 0 Å². The Balaban J connectivity index is 2.13. The van der Waals surface area contributed by atoms with Crippen LogP contribution in [-0.4, -0.2) is 16.5 Å². The van der Waals surface area contributed by atoms with Crippen molar-refractivity contribution in [1.29, 1.82) is 0 Å². The Bertz CT molecular complexity index is 515. The van der Waals surface area contributed by atoms with E-state index in [9.17, 15) is 0 Å². The monoisotopic (exact) mass is 269 g/mol. The van der Waals surface area contributed by atoms with Gasteiger partial charge >= 0.3 is 0 Å². The van der Waals surface area contributed by atoms with Crippen molar-refractivity contribution in [3.63, 3.8) is 0 Å². The molecule has 0 saturated carbocycles. The minimum Gasteiger partial charge on any atom is -0.496 e. The molecule has 0 bridgehead atoms. The molecule has 0 radical (unpaired) electrons. The molecule has 17 heavy (non-hydrogen) atoms. The third kappa shape index (κ3) is 2.87. The standard InChI is InChI=1S/C11H12ClN3OS/c1-7-14-11(17-15-7)13-6-8-9(12)4-3-5-10(8)16-2/h3-5H,6H2,1-2H3,(H,13,14,15). The highest BCUT2D eigenvalue weighted by Gasteiger charge is 2.08. The maximum Gasteiger partial charge on any atom is 0.202 e. The number of benzene rings is 1. The van der Waals surface area contributed by atoms with Crippen molar-refractivity contribution < 1.29 is 4.74 Å². The number of hydrogen-bond acceptors (Lipinski definition) is 5. The molecule has 0 aliphatic rings. The predicted molar refractivity (Wildman–Crippen MR) is 70.0 cm³/mol. The molecule has 1 N–H and O–H groups in total. The van der Waals surface area contributed by atoms with Crippen molar-refractivity contribution in [2.75, 3.05) is 12.4 Å². The number of rotatable bonds is 4. The molecule has 0 fully saturated rings. The maximum absolute atomic E-state index is 6.13. The first-order chi connectivity index (χ1) is 8.20. The van der Waals surface area contributed by atoms with Crippen molar-refractivity contribution in [3.05, 3.63) is 34.6 Å². The van der Waals surface area contributed by atoms with Crippen LogP contribution in [0.25, 0.3) is 0 Å². The molecule has 1 heterocycles. The van der Waals surface area contributed by atoms with E-state index >= 15 is 0 Å². The number of nitrogens with zero attached hydrogens (tertiary/aromatic N) is 2. The van der Waals surface area contributed by atoms with Crippen LogP contribution < -0.4 is 10.1 Å². The number of ether oxygens (including phenoxy) is 1. The molecule has 2 aromatic rings. The van der Waals surface area contributed by atoms with E-state index in [1.807, 2.05) is 25.1 Å². The highest BCUT2D eigenvalue weighted by Crippen LogP contribution is 2.27. The summed E-state index contributed by atoms with van der Waals surface area (Å²) in [6, 6.07) is 5.58. The fourth-order valence-corrected chi connectivity index (χ4v) is 2.24. The second-order valence-corrected chi connectivity index (χ2v) is 4.58. The van der Waals surface area contributed by atoms with Crippen molar-refractivity contribution in [3.8, 4) is 5.75 Å². The number of nitrogens with one attached hydrogen (secondary N) is 1. The van der Waals surface area contributed by atoms with Gasteiger partial charge in [0, 0.05) is 28.7 Å². The molecule has 0 unspecified atom stereocenters. The van der Waals surface area contributed by atoms with E-state index in [-0.39, 0.29) is 0 Å². The van der Waals surface area contributed by atoms with E-state index in [1.165, 1.54) is 11.5 Å². The summed E-state index contributed by atoms with van der Waals surface area (Å²) in [5, 5.41) is 4.64. The van der Waals surface area contributed by atoms with E-state index in [2.05, 4.69) is 14.7 Å². The first-order valence-corrected chi connectivity index (χ1v) is 6.21. The van der Waals surface area contributed by atoms with Crippen molar-refractivity contribution in [1.82, 2.24) is 9.36 Å². The van der Waals surface area contributed by atoms with Crippen molar-refractivity contribution in [2.24, 2.45) is 0 Å². The molecule has 0 saturated heterocycles. The molecular weight excluding hydrogens is 258 g/mol. The molecular formula is C11H12ClN3OS. The average Bonchev–Trinajstić information content (AvgIpc) is 2.73. The van der Waals surface area contributed by atoms with Crippen LogP contribution in [0, 0.1) is 6.92 Å². The fraction of sp³-hybridized carbons (Fsp3) is 0.273. The van der Waals surface area contributed by atoms with Crippen LogP contribution in [0.2, 0.25) is 5.02 Å². The Hall–Kier alpha value is -1.33. The number of aryl methyl sites for hydroxylation is 1. The zero-order valence-electron chi connectivity index (χ0n) is 9.53. The van der Waals surface area contributed by atoms with Gasteiger partial charge in [0.05, 0.1) is 7.11 Å². The van der Waals surface area contributed by atoms with Gasteiger partial charge in [-0.1, -0.05) is 17.7 Å². The lowest BCUT2D eigenvalue weighted by Crippen LogP contribution is -2.02. The zero-order chi connectivity index (χ0) is 12.3. The Morgan fingerprint density at radius 3 is 2.94 bits per heavy atom. The van der Waals surface area contributed by atoms with Gasteiger partial charge in [-0.15, -0.1) is 0 Å². The minimum absolute atomic E-state index is 0.567. The van der Waals surface area contributed by atoms with E-state index in [4.69, 9.17) is 16.3 Å². The lowest BCUT2D eigenvalue weighted by molar-refractivity contribution is 0.410. The summed E-state index contributed by atoms with van der Waals surface area (Å²) in [7, 11) is 1.63. The van der Waals surface area contributed by atoms with Gasteiger partial charge in [-0.05, 0) is 19.1 Å². The highest BCUT2D eigenvalue weighted by atomic mass is 35.5. The molecule has 0 amide bonds. The molecule has 90 valence electrons. The Labute approximate surface area is 109 Å². The van der Waals surface area contributed by atoms with Gasteiger partial charge in [0.2, 0.25) is 5.13 Å². The third-order valence-electron chi connectivity index (χ3n) is 2.24. The van der Waals surface area contributed by atoms with Gasteiger partial charge in [-0.3, -0.25) is 0 Å². The summed E-state index contributed by atoms with van der Waals surface area (Å²) in [4.78, 5) is 4.22. The lowest BCUT2D eigenvalue weighted by atomic mass is 10.2. The summed E-state index contributed by atoms with van der Waals surface area (Å²) in [6.07, 6.45) is 0. The van der Waals surface area contributed by atoms with E-state index in [1.54, 1.807) is 7.11 Å². The van der Waals surface area contributed by atoms with Crippen LogP contribution in [0.1, 0.15) is 11.4 Å². The van der Waals surface area contributed by atoms with Gasteiger partial charge in [-0.2, -0.15) is 4.37 Å². The topological polar surface area (TPSA) is 47.0 Å². The first kappa shape index (κ1) is 12.1. The Kier molecular flexibility index (Phi) is 3.81. The quantitative estimate of drug-likeness (QED) is 0.926.